The van der Waals surface area contributed by atoms with Crippen LogP contribution in [0.15, 0.2) is 60.4 Å². The van der Waals surface area contributed by atoms with Crippen LogP contribution in [0.25, 0.3) is 16.6 Å². The van der Waals surface area contributed by atoms with Crippen LogP contribution >= 0.6 is 11.3 Å². The Kier molecular flexibility index (Phi) is 5.58. The number of fused-ring (bicyclic) bond motifs is 1. The van der Waals surface area contributed by atoms with Crippen molar-refractivity contribution in [3.8, 4) is 5.69 Å². The predicted molar refractivity (Wildman–Crippen MR) is 136 cm³/mol. The molecule has 0 spiro atoms. The summed E-state index contributed by atoms with van der Waals surface area (Å²) in [6, 6.07) is 12.5. The molecule has 2 saturated heterocycles. The zero-order valence-corrected chi connectivity index (χ0v) is 20.3. The summed E-state index contributed by atoms with van der Waals surface area (Å²) in [5.74, 6) is 0.158. The van der Waals surface area contributed by atoms with E-state index in [-0.39, 0.29) is 17.9 Å². The van der Waals surface area contributed by atoms with Gasteiger partial charge in [-0.2, -0.15) is 0 Å². The smallest absolute Gasteiger partial charge is 0.282 e. The van der Waals surface area contributed by atoms with Crippen molar-refractivity contribution in [2.75, 3.05) is 37.6 Å². The standard InChI is InChI=1S/C26H26N6O2S/c1-18-14-21(4-6-27-18)31-8-5-19-15-20(2-3-23(19)31)32-17-22(16-24(32)33)29-9-11-30(12-10-29)26(34)25-28-7-13-35-25/h2-8,13-15,22H,9-12,16-17H2,1H3. The third-order valence-electron chi connectivity index (χ3n) is 6.98. The van der Waals surface area contributed by atoms with Crippen molar-refractivity contribution in [3.63, 3.8) is 0 Å². The number of carbonyl (C=O) groups excluding carboxylic acids is 2. The molecule has 0 aliphatic carbocycles. The Labute approximate surface area is 207 Å². The lowest BCUT2D eigenvalue weighted by molar-refractivity contribution is -0.117. The minimum atomic E-state index is 0.00550. The first-order valence-corrected chi connectivity index (χ1v) is 12.7. The van der Waals surface area contributed by atoms with Gasteiger partial charge in [0, 0.05) is 91.6 Å². The highest BCUT2D eigenvalue weighted by Crippen LogP contribution is 2.30. The molecule has 2 aliphatic rings. The highest BCUT2D eigenvalue weighted by Gasteiger charge is 2.36. The van der Waals surface area contributed by atoms with E-state index >= 15 is 0 Å². The van der Waals surface area contributed by atoms with Gasteiger partial charge in [-0.3, -0.25) is 19.5 Å². The van der Waals surface area contributed by atoms with E-state index in [2.05, 4.69) is 49.9 Å². The summed E-state index contributed by atoms with van der Waals surface area (Å²) in [4.78, 5) is 40.1. The van der Waals surface area contributed by atoms with Crippen LogP contribution in [0.4, 0.5) is 5.69 Å². The monoisotopic (exact) mass is 486 g/mol. The van der Waals surface area contributed by atoms with Crippen molar-refractivity contribution in [2.24, 2.45) is 0 Å². The summed E-state index contributed by atoms with van der Waals surface area (Å²) in [5, 5.41) is 3.47. The first-order valence-electron chi connectivity index (χ1n) is 11.8. The molecule has 0 saturated carbocycles. The minimum absolute atomic E-state index is 0.00550. The normalized spacial score (nSPS) is 19.1. The van der Waals surface area contributed by atoms with Crippen LogP contribution in [0.3, 0.4) is 0 Å². The van der Waals surface area contributed by atoms with E-state index < -0.39 is 0 Å². The fraction of sp³-hybridized carbons (Fsp3) is 0.308. The van der Waals surface area contributed by atoms with Gasteiger partial charge < -0.3 is 14.4 Å². The topological polar surface area (TPSA) is 74.6 Å². The largest absolute Gasteiger partial charge is 0.334 e. The van der Waals surface area contributed by atoms with Gasteiger partial charge in [-0.1, -0.05) is 0 Å². The molecule has 8 nitrogen and oxygen atoms in total. The molecule has 6 rings (SSSR count). The summed E-state index contributed by atoms with van der Waals surface area (Å²) >= 11 is 1.38. The number of carbonyl (C=O) groups is 2. The Morgan fingerprint density at radius 3 is 2.63 bits per heavy atom. The number of hydrogen-bond acceptors (Lipinski definition) is 6. The number of pyridine rings is 1. The molecular formula is C26H26N6O2S. The average molecular weight is 487 g/mol. The summed E-state index contributed by atoms with van der Waals surface area (Å²) < 4.78 is 2.15. The van der Waals surface area contributed by atoms with E-state index in [4.69, 9.17) is 0 Å². The Bertz CT molecular complexity index is 1390. The summed E-state index contributed by atoms with van der Waals surface area (Å²) in [6.45, 7) is 5.54. The first-order chi connectivity index (χ1) is 17.1. The zero-order chi connectivity index (χ0) is 23.9. The number of piperazine rings is 1. The average Bonchev–Trinajstić information content (AvgIpc) is 3.63. The van der Waals surface area contributed by atoms with Crippen LogP contribution < -0.4 is 4.90 Å². The van der Waals surface area contributed by atoms with E-state index in [9.17, 15) is 9.59 Å². The van der Waals surface area contributed by atoms with Gasteiger partial charge >= 0.3 is 0 Å². The number of amides is 2. The number of anilines is 1. The van der Waals surface area contributed by atoms with Gasteiger partial charge in [0.15, 0.2) is 5.01 Å². The molecule has 1 aromatic carbocycles. The van der Waals surface area contributed by atoms with Crippen molar-refractivity contribution in [1.82, 2.24) is 24.3 Å². The highest BCUT2D eigenvalue weighted by atomic mass is 32.1. The highest BCUT2D eigenvalue weighted by molar-refractivity contribution is 7.11. The van der Waals surface area contributed by atoms with E-state index in [1.807, 2.05) is 40.4 Å². The maximum atomic E-state index is 13.0. The van der Waals surface area contributed by atoms with Crippen molar-refractivity contribution >= 4 is 39.7 Å². The van der Waals surface area contributed by atoms with E-state index in [1.165, 1.54) is 11.3 Å². The fourth-order valence-corrected chi connectivity index (χ4v) is 5.74. The lowest BCUT2D eigenvalue weighted by Gasteiger charge is -2.37. The Morgan fingerprint density at radius 2 is 1.86 bits per heavy atom. The number of aryl methyl sites for hydroxylation is 1. The van der Waals surface area contributed by atoms with Crippen LogP contribution in [-0.4, -0.2) is 74.9 Å². The van der Waals surface area contributed by atoms with Crippen LogP contribution in [0.2, 0.25) is 0 Å². The molecule has 0 bridgehead atoms. The fourth-order valence-electron chi connectivity index (χ4n) is 5.14. The van der Waals surface area contributed by atoms with Gasteiger partial charge in [-0.25, -0.2) is 4.98 Å². The van der Waals surface area contributed by atoms with Crippen molar-refractivity contribution in [3.05, 3.63) is 71.1 Å². The second-order valence-corrected chi connectivity index (χ2v) is 10.0. The second-order valence-electron chi connectivity index (χ2n) is 9.11. The van der Waals surface area contributed by atoms with Gasteiger partial charge in [-0.05, 0) is 43.3 Å². The maximum absolute atomic E-state index is 13.0. The molecule has 178 valence electrons. The van der Waals surface area contributed by atoms with Crippen molar-refractivity contribution in [1.29, 1.82) is 0 Å². The molecule has 3 aromatic heterocycles. The molecule has 0 N–H and O–H groups in total. The third-order valence-corrected chi connectivity index (χ3v) is 7.74. The quantitative estimate of drug-likeness (QED) is 0.442. The summed E-state index contributed by atoms with van der Waals surface area (Å²) in [7, 11) is 0. The molecule has 4 aromatic rings. The number of aromatic nitrogens is 3. The van der Waals surface area contributed by atoms with Crippen LogP contribution in [0.5, 0.6) is 0 Å². The van der Waals surface area contributed by atoms with E-state index in [1.54, 1.807) is 6.20 Å². The van der Waals surface area contributed by atoms with Gasteiger partial charge in [0.25, 0.3) is 5.91 Å². The number of nitrogens with zero attached hydrogens (tertiary/aromatic N) is 6. The zero-order valence-electron chi connectivity index (χ0n) is 19.5. The van der Waals surface area contributed by atoms with Crippen LogP contribution in [0, 0.1) is 6.92 Å². The molecule has 35 heavy (non-hydrogen) atoms. The van der Waals surface area contributed by atoms with Gasteiger partial charge in [0.2, 0.25) is 5.91 Å². The molecule has 2 aliphatic heterocycles. The SMILES string of the molecule is Cc1cc(-n2ccc3cc(N4CC(N5CCN(C(=O)c6nccs6)CC5)CC4=O)ccc32)ccn1. The Balaban J connectivity index is 1.14. The molecule has 2 amide bonds. The molecule has 5 heterocycles. The molecule has 1 unspecified atom stereocenters. The number of thiazole rings is 1. The van der Waals surface area contributed by atoms with Gasteiger partial charge in [0.1, 0.15) is 0 Å². The summed E-state index contributed by atoms with van der Waals surface area (Å²) in [5.41, 5.74) is 4.09. The molecule has 1 atom stereocenters. The molecule has 0 radical (unpaired) electrons. The lowest BCUT2D eigenvalue weighted by Crippen LogP contribution is -2.52. The molecular weight excluding hydrogens is 460 g/mol. The second kappa shape index (κ2) is 8.90. The number of hydrogen-bond donors (Lipinski definition) is 0. The van der Waals surface area contributed by atoms with Gasteiger partial charge in [0.05, 0.1) is 5.52 Å². The first kappa shape index (κ1) is 21.9. The van der Waals surface area contributed by atoms with Crippen LogP contribution in [-0.2, 0) is 4.79 Å². The summed E-state index contributed by atoms with van der Waals surface area (Å²) in [6.07, 6.45) is 6.06. The lowest BCUT2D eigenvalue weighted by atomic mass is 10.2. The number of rotatable bonds is 4. The number of benzene rings is 1. The minimum Gasteiger partial charge on any atom is -0.334 e. The molecule has 9 heteroatoms. The van der Waals surface area contributed by atoms with E-state index in [0.717, 1.165) is 41.1 Å². The molecule has 2 fully saturated rings. The van der Waals surface area contributed by atoms with E-state index in [0.29, 0.717) is 31.1 Å². The Hall–Kier alpha value is -3.56. The van der Waals surface area contributed by atoms with Crippen molar-refractivity contribution < 1.29 is 9.59 Å². The van der Waals surface area contributed by atoms with Crippen LogP contribution in [0.1, 0.15) is 21.9 Å². The maximum Gasteiger partial charge on any atom is 0.282 e. The third kappa shape index (κ3) is 4.11. The Morgan fingerprint density at radius 1 is 1.00 bits per heavy atom. The van der Waals surface area contributed by atoms with Crippen molar-refractivity contribution in [2.45, 2.75) is 19.4 Å². The predicted octanol–water partition coefficient (Wildman–Crippen LogP) is 3.35. The van der Waals surface area contributed by atoms with Gasteiger partial charge in [-0.15, -0.1) is 11.3 Å².